The Kier molecular flexibility index (Phi) is 8.27. The molecular weight excluding hydrogens is 469 g/mol. The highest BCUT2D eigenvalue weighted by molar-refractivity contribution is 7.92. The van der Waals surface area contributed by atoms with Crippen LogP contribution >= 0.6 is 0 Å². The van der Waals surface area contributed by atoms with Gasteiger partial charge in [-0.2, -0.15) is 0 Å². The summed E-state index contributed by atoms with van der Waals surface area (Å²) < 4.78 is 48.5. The number of anilines is 1. The second-order valence-electron chi connectivity index (χ2n) is 10.5. The number of aryl methyl sites for hydroxylation is 1. The SMILES string of the molecule is Cc1cc(NS(=O)(=O)CC2CCCCC2)c(C)c(C(OC(C)(C)C)C(=O)O)c1-c1ccc(F)cc1. The summed E-state index contributed by atoms with van der Waals surface area (Å²) in [7, 11) is -3.64. The molecule has 0 spiro atoms. The molecule has 1 aliphatic rings. The summed E-state index contributed by atoms with van der Waals surface area (Å²) >= 11 is 0. The summed E-state index contributed by atoms with van der Waals surface area (Å²) in [6.07, 6.45) is 3.67. The molecule has 1 fully saturated rings. The minimum atomic E-state index is -3.64. The van der Waals surface area contributed by atoms with Gasteiger partial charge in [0.25, 0.3) is 0 Å². The van der Waals surface area contributed by atoms with Crippen molar-refractivity contribution >= 4 is 21.7 Å². The molecule has 2 aromatic carbocycles. The molecule has 0 amide bonds. The minimum Gasteiger partial charge on any atom is -0.479 e. The first kappa shape index (κ1) is 27.1. The Morgan fingerprint density at radius 1 is 1.14 bits per heavy atom. The molecule has 0 aromatic heterocycles. The maximum atomic E-state index is 13.6. The van der Waals surface area contributed by atoms with E-state index in [1.807, 2.05) is 0 Å². The van der Waals surface area contributed by atoms with E-state index in [-0.39, 0.29) is 11.7 Å². The second-order valence-corrected chi connectivity index (χ2v) is 12.3. The zero-order valence-corrected chi connectivity index (χ0v) is 22.0. The molecule has 1 saturated carbocycles. The van der Waals surface area contributed by atoms with E-state index in [0.717, 1.165) is 32.1 Å². The predicted octanol–water partition coefficient (Wildman–Crippen LogP) is 6.37. The number of rotatable bonds is 8. The van der Waals surface area contributed by atoms with E-state index in [4.69, 9.17) is 4.74 Å². The Morgan fingerprint density at radius 2 is 1.74 bits per heavy atom. The largest absolute Gasteiger partial charge is 0.479 e. The first-order valence-electron chi connectivity index (χ1n) is 12.1. The van der Waals surface area contributed by atoms with Crippen LogP contribution in [0.5, 0.6) is 0 Å². The van der Waals surface area contributed by atoms with Crippen LogP contribution in [0.3, 0.4) is 0 Å². The van der Waals surface area contributed by atoms with Crippen LogP contribution < -0.4 is 4.72 Å². The van der Waals surface area contributed by atoms with Crippen LogP contribution in [0.25, 0.3) is 11.1 Å². The Morgan fingerprint density at radius 3 is 2.29 bits per heavy atom. The fraction of sp³-hybridized carbons (Fsp3) is 0.519. The summed E-state index contributed by atoms with van der Waals surface area (Å²) in [4.78, 5) is 12.4. The van der Waals surface area contributed by atoms with Gasteiger partial charge in [0.05, 0.1) is 17.0 Å². The average Bonchev–Trinajstić information content (AvgIpc) is 2.74. The molecule has 0 saturated heterocycles. The molecule has 8 heteroatoms. The monoisotopic (exact) mass is 505 g/mol. The zero-order chi connectivity index (χ0) is 26.0. The number of benzene rings is 2. The Labute approximate surface area is 208 Å². The van der Waals surface area contributed by atoms with Crippen molar-refractivity contribution in [3.8, 4) is 11.1 Å². The van der Waals surface area contributed by atoms with Crippen molar-refractivity contribution in [1.29, 1.82) is 0 Å². The normalized spacial score (nSPS) is 16.2. The number of hydrogen-bond donors (Lipinski definition) is 2. The van der Waals surface area contributed by atoms with E-state index in [9.17, 15) is 22.7 Å². The summed E-state index contributed by atoms with van der Waals surface area (Å²) in [5, 5.41) is 10.1. The second kappa shape index (κ2) is 10.7. The maximum absolute atomic E-state index is 13.6. The van der Waals surface area contributed by atoms with Gasteiger partial charge in [0.1, 0.15) is 5.82 Å². The fourth-order valence-electron chi connectivity index (χ4n) is 4.84. The highest BCUT2D eigenvalue weighted by Crippen LogP contribution is 2.41. The van der Waals surface area contributed by atoms with E-state index in [1.165, 1.54) is 12.1 Å². The Balaban J connectivity index is 2.13. The summed E-state index contributed by atoms with van der Waals surface area (Å²) in [6, 6.07) is 7.52. The molecule has 35 heavy (non-hydrogen) atoms. The lowest BCUT2D eigenvalue weighted by Crippen LogP contribution is -2.29. The number of carbonyl (C=O) groups is 1. The van der Waals surface area contributed by atoms with Gasteiger partial charge in [-0.05, 0) is 93.8 Å². The van der Waals surface area contributed by atoms with Crippen molar-refractivity contribution < 1.29 is 27.4 Å². The highest BCUT2D eigenvalue weighted by atomic mass is 32.2. The van der Waals surface area contributed by atoms with Crippen molar-refractivity contribution in [2.45, 2.75) is 78.4 Å². The molecule has 3 rings (SSSR count). The van der Waals surface area contributed by atoms with Crippen LogP contribution in [0.15, 0.2) is 30.3 Å². The molecule has 1 unspecified atom stereocenters. The van der Waals surface area contributed by atoms with Gasteiger partial charge in [-0.3, -0.25) is 4.72 Å². The number of ether oxygens (including phenoxy) is 1. The first-order valence-corrected chi connectivity index (χ1v) is 13.7. The maximum Gasteiger partial charge on any atom is 0.337 e. The number of carboxylic acid groups (broad SMARTS) is 1. The topological polar surface area (TPSA) is 92.7 Å². The van der Waals surface area contributed by atoms with Crippen LogP contribution in [-0.4, -0.2) is 30.8 Å². The summed E-state index contributed by atoms with van der Waals surface area (Å²) in [5.41, 5.74) is 2.27. The molecule has 1 aliphatic carbocycles. The minimum absolute atomic E-state index is 0.0430. The molecule has 2 N–H and O–H groups in total. The van der Waals surface area contributed by atoms with E-state index < -0.39 is 33.5 Å². The van der Waals surface area contributed by atoms with Crippen molar-refractivity contribution in [2.24, 2.45) is 5.92 Å². The van der Waals surface area contributed by atoms with Crippen LogP contribution in [0.4, 0.5) is 10.1 Å². The van der Waals surface area contributed by atoms with Crippen LogP contribution in [-0.2, 0) is 19.6 Å². The van der Waals surface area contributed by atoms with Gasteiger partial charge < -0.3 is 9.84 Å². The standard InChI is InChI=1S/C27H36FNO5S/c1-17-15-22(29-35(32,33)16-19-9-7-6-8-10-19)18(2)24(25(26(30)31)34-27(3,4)5)23(17)20-11-13-21(28)14-12-20/h11-15,19,25,29H,6-10,16H2,1-5H3,(H,30,31). The zero-order valence-electron chi connectivity index (χ0n) is 21.2. The number of aliphatic carboxylic acids is 1. The summed E-state index contributed by atoms with van der Waals surface area (Å²) in [6.45, 7) is 8.77. The predicted molar refractivity (Wildman–Crippen MR) is 137 cm³/mol. The molecule has 2 aromatic rings. The molecule has 0 heterocycles. The number of halogens is 1. The first-order chi connectivity index (χ1) is 16.3. The van der Waals surface area contributed by atoms with Gasteiger partial charge in [-0.15, -0.1) is 0 Å². The van der Waals surface area contributed by atoms with E-state index in [1.54, 1.807) is 52.8 Å². The fourth-order valence-corrected chi connectivity index (χ4v) is 6.42. The Hall–Kier alpha value is -2.45. The van der Waals surface area contributed by atoms with Gasteiger partial charge in [0.15, 0.2) is 6.10 Å². The number of carboxylic acids is 1. The highest BCUT2D eigenvalue weighted by Gasteiger charge is 2.33. The van der Waals surface area contributed by atoms with E-state index in [0.29, 0.717) is 33.5 Å². The third-order valence-corrected chi connectivity index (χ3v) is 7.81. The van der Waals surface area contributed by atoms with Gasteiger partial charge in [-0.25, -0.2) is 17.6 Å². The number of nitrogens with one attached hydrogen (secondary N) is 1. The van der Waals surface area contributed by atoms with Crippen LogP contribution in [0.1, 0.15) is 75.7 Å². The Bertz CT molecular complexity index is 1160. The van der Waals surface area contributed by atoms with E-state index in [2.05, 4.69) is 4.72 Å². The quantitative estimate of drug-likeness (QED) is 0.435. The lowest BCUT2D eigenvalue weighted by atomic mass is 9.87. The number of sulfonamides is 1. The van der Waals surface area contributed by atoms with Gasteiger partial charge >= 0.3 is 5.97 Å². The smallest absolute Gasteiger partial charge is 0.337 e. The molecule has 0 aliphatic heterocycles. The summed E-state index contributed by atoms with van der Waals surface area (Å²) in [5.74, 6) is -1.43. The van der Waals surface area contributed by atoms with Crippen LogP contribution in [0, 0.1) is 25.6 Å². The third kappa shape index (κ3) is 7.04. The molecule has 1 atom stereocenters. The van der Waals surface area contributed by atoms with Crippen molar-refractivity contribution in [1.82, 2.24) is 0 Å². The molecule has 6 nitrogen and oxygen atoms in total. The molecule has 192 valence electrons. The number of hydrogen-bond acceptors (Lipinski definition) is 4. The van der Waals surface area contributed by atoms with Gasteiger partial charge in [0.2, 0.25) is 10.0 Å². The lowest BCUT2D eigenvalue weighted by Gasteiger charge is -2.30. The lowest BCUT2D eigenvalue weighted by molar-refractivity contribution is -0.160. The van der Waals surface area contributed by atoms with Crippen molar-refractivity contribution in [3.63, 3.8) is 0 Å². The molecule has 0 bridgehead atoms. The van der Waals surface area contributed by atoms with Crippen LogP contribution in [0.2, 0.25) is 0 Å². The van der Waals surface area contributed by atoms with E-state index >= 15 is 0 Å². The van der Waals surface area contributed by atoms with Crippen molar-refractivity contribution in [3.05, 3.63) is 52.8 Å². The van der Waals surface area contributed by atoms with Crippen molar-refractivity contribution in [2.75, 3.05) is 10.5 Å². The van der Waals surface area contributed by atoms with Gasteiger partial charge in [0, 0.05) is 5.56 Å². The third-order valence-electron chi connectivity index (χ3n) is 6.37. The van der Waals surface area contributed by atoms with Gasteiger partial charge in [-0.1, -0.05) is 31.4 Å². The molecular formula is C27H36FNO5S. The average molecular weight is 506 g/mol. The molecule has 0 radical (unpaired) electrons.